The minimum Gasteiger partial charge on any atom is -0.471 e. The van der Waals surface area contributed by atoms with E-state index in [1.54, 1.807) is 6.92 Å². The van der Waals surface area contributed by atoms with Gasteiger partial charge in [0, 0.05) is 10.2 Å². The van der Waals surface area contributed by atoms with Crippen LogP contribution in [-0.2, 0) is 0 Å². The lowest BCUT2D eigenvalue weighted by molar-refractivity contribution is 0.183. The van der Waals surface area contributed by atoms with Crippen molar-refractivity contribution in [1.29, 1.82) is 0 Å². The third-order valence-corrected chi connectivity index (χ3v) is 3.77. The van der Waals surface area contributed by atoms with Gasteiger partial charge in [0.05, 0.1) is 0 Å². The highest BCUT2D eigenvalue weighted by molar-refractivity contribution is 9.10. The second-order valence-corrected chi connectivity index (χ2v) is 6.51. The summed E-state index contributed by atoms with van der Waals surface area (Å²) in [6, 6.07) is 15.0. The van der Waals surface area contributed by atoms with Gasteiger partial charge in [-0.2, -0.15) is 0 Å². The Hall–Kier alpha value is -2.01. The average molecular weight is 377 g/mol. The summed E-state index contributed by atoms with van der Waals surface area (Å²) in [5, 5.41) is 5.51. The molecule has 0 radical (unpaired) electrons. The van der Waals surface area contributed by atoms with Crippen molar-refractivity contribution in [3.63, 3.8) is 0 Å². The van der Waals surface area contributed by atoms with Gasteiger partial charge >= 0.3 is 6.03 Å². The number of amides is 2. The first-order chi connectivity index (χ1) is 10.9. The molecule has 0 aliphatic carbocycles. The molecule has 0 spiro atoms. The number of nitrogens with one attached hydrogen (secondary N) is 2. The molecule has 0 heterocycles. The third kappa shape index (κ3) is 5.60. The lowest BCUT2D eigenvalue weighted by Gasteiger charge is -2.17. The normalized spacial score (nSPS) is 11.9. The van der Waals surface area contributed by atoms with Crippen LogP contribution >= 0.6 is 15.9 Å². The monoisotopic (exact) mass is 376 g/mol. The smallest absolute Gasteiger partial charge is 0.322 e. The molecule has 4 nitrogen and oxygen atoms in total. The van der Waals surface area contributed by atoms with Gasteiger partial charge in [0.15, 0.2) is 6.23 Å². The zero-order valence-electron chi connectivity index (χ0n) is 13.5. The Bertz CT molecular complexity index is 656. The number of hydrogen-bond donors (Lipinski definition) is 2. The molecule has 2 amide bonds. The Morgan fingerprint density at radius 3 is 2.39 bits per heavy atom. The van der Waals surface area contributed by atoms with Crippen molar-refractivity contribution in [3.05, 3.63) is 58.6 Å². The van der Waals surface area contributed by atoms with E-state index in [9.17, 15) is 4.79 Å². The standard InChI is InChI=1S/C18H21BrN2O2/c1-12(2)14-7-9-17(10-8-14)23-13(3)20-18(22)21-16-6-4-5-15(19)11-16/h4-13H,1-3H3,(H2,20,21,22). The molecule has 5 heteroatoms. The van der Waals surface area contributed by atoms with Crippen molar-refractivity contribution in [2.24, 2.45) is 0 Å². The lowest BCUT2D eigenvalue weighted by atomic mass is 10.0. The first-order valence-electron chi connectivity index (χ1n) is 7.54. The maximum Gasteiger partial charge on any atom is 0.322 e. The fourth-order valence-electron chi connectivity index (χ4n) is 2.08. The Morgan fingerprint density at radius 2 is 1.78 bits per heavy atom. The van der Waals surface area contributed by atoms with Crippen LogP contribution in [0.15, 0.2) is 53.0 Å². The van der Waals surface area contributed by atoms with Crippen LogP contribution in [0.1, 0.15) is 32.3 Å². The molecule has 2 N–H and O–H groups in total. The fraction of sp³-hybridized carbons (Fsp3) is 0.278. The van der Waals surface area contributed by atoms with Gasteiger partial charge in [0.1, 0.15) is 5.75 Å². The Labute approximate surface area is 145 Å². The number of halogens is 1. The van der Waals surface area contributed by atoms with Crippen LogP contribution in [0.25, 0.3) is 0 Å². The average Bonchev–Trinajstić information content (AvgIpc) is 2.47. The van der Waals surface area contributed by atoms with Crippen LogP contribution in [-0.4, -0.2) is 12.3 Å². The summed E-state index contributed by atoms with van der Waals surface area (Å²) in [6.07, 6.45) is -0.438. The maximum atomic E-state index is 12.0. The summed E-state index contributed by atoms with van der Waals surface area (Å²) in [7, 11) is 0. The van der Waals surface area contributed by atoms with Gasteiger partial charge in [0.2, 0.25) is 0 Å². The summed E-state index contributed by atoms with van der Waals surface area (Å²) in [5.74, 6) is 1.21. The predicted molar refractivity (Wildman–Crippen MR) is 96.9 cm³/mol. The summed E-state index contributed by atoms with van der Waals surface area (Å²) < 4.78 is 6.61. The van der Waals surface area contributed by atoms with E-state index in [2.05, 4.69) is 40.4 Å². The molecule has 0 saturated heterocycles. The van der Waals surface area contributed by atoms with Gasteiger partial charge in [0.25, 0.3) is 0 Å². The van der Waals surface area contributed by atoms with Crippen molar-refractivity contribution in [3.8, 4) is 5.75 Å². The largest absolute Gasteiger partial charge is 0.471 e. The van der Waals surface area contributed by atoms with E-state index in [4.69, 9.17) is 4.74 Å². The number of carbonyl (C=O) groups is 1. The zero-order valence-corrected chi connectivity index (χ0v) is 15.1. The highest BCUT2D eigenvalue weighted by Gasteiger charge is 2.09. The maximum absolute atomic E-state index is 12.0. The molecule has 0 aromatic heterocycles. The summed E-state index contributed by atoms with van der Waals surface area (Å²) >= 11 is 3.37. The molecule has 0 saturated carbocycles. The molecule has 1 unspecified atom stereocenters. The number of benzene rings is 2. The molecular weight excluding hydrogens is 356 g/mol. The molecule has 122 valence electrons. The van der Waals surface area contributed by atoms with Crippen molar-refractivity contribution in [2.75, 3.05) is 5.32 Å². The highest BCUT2D eigenvalue weighted by atomic mass is 79.9. The summed E-state index contributed by atoms with van der Waals surface area (Å²) in [6.45, 7) is 6.08. The molecule has 0 bridgehead atoms. The van der Waals surface area contributed by atoms with Gasteiger partial charge in [-0.3, -0.25) is 0 Å². The molecule has 2 rings (SSSR count). The second kappa shape index (κ2) is 8.02. The van der Waals surface area contributed by atoms with E-state index in [0.717, 1.165) is 10.2 Å². The minimum atomic E-state index is -0.438. The first-order valence-corrected chi connectivity index (χ1v) is 8.33. The Balaban J connectivity index is 1.86. The van der Waals surface area contributed by atoms with E-state index in [1.165, 1.54) is 5.56 Å². The van der Waals surface area contributed by atoms with E-state index in [-0.39, 0.29) is 6.03 Å². The van der Waals surface area contributed by atoms with Crippen molar-refractivity contribution in [1.82, 2.24) is 5.32 Å². The summed E-state index contributed by atoms with van der Waals surface area (Å²) in [4.78, 5) is 12.0. The highest BCUT2D eigenvalue weighted by Crippen LogP contribution is 2.19. The third-order valence-electron chi connectivity index (χ3n) is 3.28. The van der Waals surface area contributed by atoms with Crippen molar-refractivity contribution < 1.29 is 9.53 Å². The molecule has 1 atom stereocenters. The number of urea groups is 1. The molecule has 23 heavy (non-hydrogen) atoms. The molecule has 0 aliphatic heterocycles. The zero-order chi connectivity index (χ0) is 16.8. The SMILES string of the molecule is CC(NC(=O)Nc1cccc(Br)c1)Oc1ccc(C(C)C)cc1. The van der Waals surface area contributed by atoms with Gasteiger partial charge in [-0.25, -0.2) is 4.79 Å². The lowest BCUT2D eigenvalue weighted by Crippen LogP contribution is -2.39. The van der Waals surface area contributed by atoms with Crippen molar-refractivity contribution in [2.45, 2.75) is 32.9 Å². The molecule has 2 aromatic carbocycles. The topological polar surface area (TPSA) is 50.4 Å². The number of carbonyl (C=O) groups excluding carboxylic acids is 1. The van der Waals surface area contributed by atoms with Crippen LogP contribution in [0.5, 0.6) is 5.75 Å². The fourth-order valence-corrected chi connectivity index (χ4v) is 2.48. The Kier molecular flexibility index (Phi) is 6.04. The van der Waals surface area contributed by atoms with E-state index in [1.807, 2.05) is 48.5 Å². The minimum absolute atomic E-state index is 0.311. The molecule has 0 fully saturated rings. The summed E-state index contributed by atoms with van der Waals surface area (Å²) in [5.41, 5.74) is 1.97. The number of ether oxygens (including phenoxy) is 1. The van der Waals surface area contributed by atoms with E-state index < -0.39 is 6.23 Å². The van der Waals surface area contributed by atoms with Crippen LogP contribution < -0.4 is 15.4 Å². The van der Waals surface area contributed by atoms with Crippen LogP contribution in [0.2, 0.25) is 0 Å². The predicted octanol–water partition coefficient (Wildman–Crippen LogP) is 5.12. The first kappa shape index (κ1) is 17.3. The van der Waals surface area contributed by atoms with E-state index in [0.29, 0.717) is 11.6 Å². The molecule has 0 aliphatic rings. The van der Waals surface area contributed by atoms with Gasteiger partial charge < -0.3 is 15.4 Å². The second-order valence-electron chi connectivity index (χ2n) is 5.59. The quantitative estimate of drug-likeness (QED) is 0.711. The number of anilines is 1. The van der Waals surface area contributed by atoms with Gasteiger partial charge in [-0.15, -0.1) is 0 Å². The van der Waals surface area contributed by atoms with Crippen molar-refractivity contribution >= 4 is 27.6 Å². The van der Waals surface area contributed by atoms with Crippen LogP contribution in [0.3, 0.4) is 0 Å². The molecular formula is C18H21BrN2O2. The Morgan fingerprint density at radius 1 is 1.09 bits per heavy atom. The van der Waals surface area contributed by atoms with Crippen LogP contribution in [0, 0.1) is 0 Å². The van der Waals surface area contributed by atoms with E-state index >= 15 is 0 Å². The van der Waals surface area contributed by atoms with Crippen LogP contribution in [0.4, 0.5) is 10.5 Å². The number of hydrogen-bond acceptors (Lipinski definition) is 2. The van der Waals surface area contributed by atoms with Gasteiger partial charge in [-0.1, -0.05) is 48.0 Å². The van der Waals surface area contributed by atoms with Gasteiger partial charge in [-0.05, 0) is 48.7 Å². The molecule has 2 aromatic rings. The number of rotatable bonds is 5.